The number of carbonyl (C=O) groups is 1. The molecule has 5 nitrogen and oxygen atoms in total. The average Bonchev–Trinajstić information content (AvgIpc) is 2.78. The fraction of sp³-hybridized carbons (Fsp3) is 0.292. The van der Waals surface area contributed by atoms with Crippen LogP contribution in [0.1, 0.15) is 46.6 Å². The lowest BCUT2D eigenvalue weighted by atomic mass is 10.0. The molecule has 3 aromatic rings. The first-order chi connectivity index (χ1) is 14.1. The highest BCUT2D eigenvalue weighted by Gasteiger charge is 2.25. The first kappa shape index (κ1) is 19.1. The molecule has 0 spiro atoms. The minimum Gasteiger partial charge on any atom is -0.334 e. The molecule has 1 aromatic heterocycles. The Hall–Kier alpha value is -3.21. The lowest BCUT2D eigenvalue weighted by molar-refractivity contribution is 0.0732. The molecule has 0 radical (unpaired) electrons. The molecule has 0 bridgehead atoms. The van der Waals surface area contributed by atoms with Gasteiger partial charge in [-0.1, -0.05) is 50.2 Å². The number of rotatable bonds is 4. The molecule has 1 aliphatic rings. The van der Waals surface area contributed by atoms with E-state index in [0.29, 0.717) is 36.5 Å². The summed E-state index contributed by atoms with van der Waals surface area (Å²) in [5, 5.41) is 0. The summed E-state index contributed by atoms with van der Waals surface area (Å²) in [6, 6.07) is 15.8. The third-order valence-corrected chi connectivity index (χ3v) is 5.60. The second kappa shape index (κ2) is 8.03. The second-order valence-electron chi connectivity index (χ2n) is 7.42. The molecule has 2 heterocycles. The van der Waals surface area contributed by atoms with Crippen LogP contribution < -0.4 is 5.56 Å². The lowest BCUT2D eigenvalue weighted by Crippen LogP contribution is -2.39. The molecule has 5 heteroatoms. The SMILES string of the molecule is CCc1ccc(C(=O)N2CCc3nc(-c4ccc(CC)cc4)[nH]c(=O)c3C2)cc1. The highest BCUT2D eigenvalue weighted by atomic mass is 16.2. The Morgan fingerprint density at radius 1 is 1.00 bits per heavy atom. The van der Waals surface area contributed by atoms with E-state index < -0.39 is 0 Å². The summed E-state index contributed by atoms with van der Waals surface area (Å²) in [5.41, 5.74) is 5.21. The van der Waals surface area contributed by atoms with Crippen LogP contribution in [0.5, 0.6) is 0 Å². The molecule has 1 N–H and O–H groups in total. The van der Waals surface area contributed by atoms with Crippen LogP contribution in [0.2, 0.25) is 0 Å². The Balaban J connectivity index is 1.57. The van der Waals surface area contributed by atoms with Gasteiger partial charge < -0.3 is 9.88 Å². The average molecular weight is 387 g/mol. The third-order valence-electron chi connectivity index (χ3n) is 5.60. The van der Waals surface area contributed by atoms with Crippen LogP contribution in [-0.4, -0.2) is 27.3 Å². The summed E-state index contributed by atoms with van der Waals surface area (Å²) < 4.78 is 0. The van der Waals surface area contributed by atoms with Crippen LogP contribution in [0, 0.1) is 0 Å². The Bertz CT molecular complexity index is 1080. The van der Waals surface area contributed by atoms with E-state index in [1.165, 1.54) is 11.1 Å². The fourth-order valence-electron chi connectivity index (χ4n) is 3.70. The van der Waals surface area contributed by atoms with E-state index in [0.717, 1.165) is 24.1 Å². The smallest absolute Gasteiger partial charge is 0.256 e. The van der Waals surface area contributed by atoms with Crippen molar-refractivity contribution in [2.75, 3.05) is 6.54 Å². The highest BCUT2D eigenvalue weighted by Crippen LogP contribution is 2.21. The maximum atomic E-state index is 12.9. The summed E-state index contributed by atoms with van der Waals surface area (Å²) in [6.07, 6.45) is 2.49. The summed E-state index contributed by atoms with van der Waals surface area (Å²) in [4.78, 5) is 34.9. The van der Waals surface area contributed by atoms with E-state index in [9.17, 15) is 9.59 Å². The van der Waals surface area contributed by atoms with Gasteiger partial charge in [-0.05, 0) is 36.1 Å². The first-order valence-electron chi connectivity index (χ1n) is 10.2. The topological polar surface area (TPSA) is 66.1 Å². The van der Waals surface area contributed by atoms with Gasteiger partial charge in [-0.15, -0.1) is 0 Å². The zero-order chi connectivity index (χ0) is 20.4. The Labute approximate surface area is 170 Å². The van der Waals surface area contributed by atoms with Gasteiger partial charge >= 0.3 is 0 Å². The van der Waals surface area contributed by atoms with Gasteiger partial charge in [-0.25, -0.2) is 4.98 Å². The van der Waals surface area contributed by atoms with Crippen LogP contribution in [-0.2, 0) is 25.8 Å². The molecule has 0 atom stereocenters. The van der Waals surface area contributed by atoms with Gasteiger partial charge in [0.05, 0.1) is 17.8 Å². The van der Waals surface area contributed by atoms with Crippen molar-refractivity contribution in [1.82, 2.24) is 14.9 Å². The van der Waals surface area contributed by atoms with Crippen LogP contribution in [0.3, 0.4) is 0 Å². The molecule has 0 saturated carbocycles. The van der Waals surface area contributed by atoms with Gasteiger partial charge in [0, 0.05) is 24.1 Å². The molecular weight excluding hydrogens is 362 g/mol. The number of aromatic nitrogens is 2. The molecule has 29 heavy (non-hydrogen) atoms. The molecule has 0 saturated heterocycles. The number of nitrogens with one attached hydrogen (secondary N) is 1. The van der Waals surface area contributed by atoms with E-state index in [1.54, 1.807) is 4.90 Å². The number of nitrogens with zero attached hydrogens (tertiary/aromatic N) is 2. The predicted molar refractivity (Wildman–Crippen MR) is 114 cm³/mol. The Morgan fingerprint density at radius 2 is 1.62 bits per heavy atom. The van der Waals surface area contributed by atoms with E-state index in [1.807, 2.05) is 36.4 Å². The second-order valence-corrected chi connectivity index (χ2v) is 7.42. The van der Waals surface area contributed by atoms with E-state index in [4.69, 9.17) is 4.98 Å². The van der Waals surface area contributed by atoms with Crippen molar-refractivity contribution < 1.29 is 4.79 Å². The minimum absolute atomic E-state index is 0.0445. The maximum absolute atomic E-state index is 12.9. The van der Waals surface area contributed by atoms with Crippen LogP contribution in [0.15, 0.2) is 53.3 Å². The molecule has 0 unspecified atom stereocenters. The summed E-state index contributed by atoms with van der Waals surface area (Å²) in [5.74, 6) is 0.545. The van der Waals surface area contributed by atoms with Gasteiger partial charge in [-0.2, -0.15) is 0 Å². The molecule has 0 fully saturated rings. The minimum atomic E-state index is -0.164. The monoisotopic (exact) mass is 387 g/mol. The summed E-state index contributed by atoms with van der Waals surface area (Å²) in [6.45, 7) is 5.05. The van der Waals surface area contributed by atoms with Crippen LogP contribution in [0.25, 0.3) is 11.4 Å². The normalized spacial score (nSPS) is 13.2. The van der Waals surface area contributed by atoms with Crippen molar-refractivity contribution in [2.24, 2.45) is 0 Å². The van der Waals surface area contributed by atoms with Crippen LogP contribution >= 0.6 is 0 Å². The quantitative estimate of drug-likeness (QED) is 0.741. The third kappa shape index (κ3) is 3.86. The standard InChI is InChI=1S/C24H25N3O2/c1-3-16-5-9-18(10-6-16)22-25-21-13-14-27(15-20(21)23(28)26-22)24(29)19-11-7-17(4-2)8-12-19/h5-12H,3-4,13-15H2,1-2H3,(H,25,26,28). The highest BCUT2D eigenvalue weighted by molar-refractivity contribution is 5.94. The number of carbonyl (C=O) groups excluding carboxylic acids is 1. The first-order valence-corrected chi connectivity index (χ1v) is 10.2. The zero-order valence-electron chi connectivity index (χ0n) is 16.9. The number of benzene rings is 2. The summed E-state index contributed by atoms with van der Waals surface area (Å²) in [7, 11) is 0. The van der Waals surface area contributed by atoms with Crippen molar-refractivity contribution in [3.63, 3.8) is 0 Å². The van der Waals surface area contributed by atoms with E-state index in [-0.39, 0.29) is 11.5 Å². The van der Waals surface area contributed by atoms with Crippen molar-refractivity contribution >= 4 is 5.91 Å². The molecule has 0 aliphatic carbocycles. The van der Waals surface area contributed by atoms with E-state index >= 15 is 0 Å². The number of hydrogen-bond acceptors (Lipinski definition) is 3. The lowest BCUT2D eigenvalue weighted by Gasteiger charge is -2.28. The number of fused-ring (bicyclic) bond motifs is 1. The zero-order valence-corrected chi connectivity index (χ0v) is 16.9. The van der Waals surface area contributed by atoms with Gasteiger partial charge in [0.15, 0.2) is 0 Å². The number of aromatic amines is 1. The van der Waals surface area contributed by atoms with E-state index in [2.05, 4.69) is 31.0 Å². The van der Waals surface area contributed by atoms with Crippen molar-refractivity contribution in [3.8, 4) is 11.4 Å². The van der Waals surface area contributed by atoms with Crippen molar-refractivity contribution in [1.29, 1.82) is 0 Å². The molecule has 2 aromatic carbocycles. The number of H-pyrrole nitrogens is 1. The molecule has 148 valence electrons. The van der Waals surface area contributed by atoms with Gasteiger partial charge in [0.25, 0.3) is 11.5 Å². The van der Waals surface area contributed by atoms with Gasteiger partial charge in [0.2, 0.25) is 0 Å². The molecule has 4 rings (SSSR count). The van der Waals surface area contributed by atoms with Crippen molar-refractivity contribution in [3.05, 3.63) is 86.8 Å². The fourth-order valence-corrected chi connectivity index (χ4v) is 3.70. The van der Waals surface area contributed by atoms with Crippen LogP contribution in [0.4, 0.5) is 0 Å². The number of amides is 1. The maximum Gasteiger partial charge on any atom is 0.256 e. The summed E-state index contributed by atoms with van der Waals surface area (Å²) >= 11 is 0. The van der Waals surface area contributed by atoms with Gasteiger partial charge in [0.1, 0.15) is 5.82 Å². The predicted octanol–water partition coefficient (Wildman–Crippen LogP) is 3.76. The molecule has 1 amide bonds. The molecule has 1 aliphatic heterocycles. The Morgan fingerprint density at radius 3 is 2.24 bits per heavy atom. The number of hydrogen-bond donors (Lipinski definition) is 1. The largest absolute Gasteiger partial charge is 0.334 e. The van der Waals surface area contributed by atoms with Gasteiger partial charge in [-0.3, -0.25) is 9.59 Å². The van der Waals surface area contributed by atoms with Crippen molar-refractivity contribution in [2.45, 2.75) is 39.7 Å². The Kier molecular flexibility index (Phi) is 5.30. The number of aryl methyl sites for hydroxylation is 2. The molecular formula is C24H25N3O2.